The van der Waals surface area contributed by atoms with Gasteiger partial charge in [0.25, 0.3) is 5.56 Å². The number of nitrogens with zero attached hydrogens (tertiary/aromatic N) is 3. The molecule has 0 aliphatic rings. The molecule has 1 aromatic carbocycles. The Balaban J connectivity index is 1.50. The van der Waals surface area contributed by atoms with Crippen LogP contribution in [-0.4, -0.2) is 20.4 Å². The molecule has 0 unspecified atom stereocenters. The standard InChI is InChI=1S/C18H14N4O3S/c1-11-6-7-15(25-11)14-9-26-18(20-14)21-16(23)8-22-10-19-13-5-3-2-4-12(13)17(22)24/h2-7,9-10H,8H2,1H3,(H,20,21,23). The van der Waals surface area contributed by atoms with Crippen molar-refractivity contribution < 1.29 is 9.21 Å². The number of anilines is 1. The van der Waals surface area contributed by atoms with Crippen LogP contribution < -0.4 is 10.9 Å². The lowest BCUT2D eigenvalue weighted by Crippen LogP contribution is -2.27. The van der Waals surface area contributed by atoms with Crippen molar-refractivity contribution in [2.45, 2.75) is 13.5 Å². The highest BCUT2D eigenvalue weighted by atomic mass is 32.1. The Morgan fingerprint density at radius 1 is 1.27 bits per heavy atom. The molecule has 8 heteroatoms. The second-order valence-electron chi connectivity index (χ2n) is 5.69. The Hall–Kier alpha value is -3.26. The van der Waals surface area contributed by atoms with Gasteiger partial charge in [0, 0.05) is 5.38 Å². The van der Waals surface area contributed by atoms with Gasteiger partial charge in [0.1, 0.15) is 18.0 Å². The van der Waals surface area contributed by atoms with Crippen LogP contribution in [0.15, 0.2) is 57.3 Å². The first-order valence-electron chi connectivity index (χ1n) is 7.86. The molecule has 4 rings (SSSR count). The van der Waals surface area contributed by atoms with Crippen LogP contribution in [0.1, 0.15) is 5.76 Å². The normalized spacial score (nSPS) is 11.0. The van der Waals surface area contributed by atoms with Gasteiger partial charge in [-0.3, -0.25) is 14.2 Å². The molecule has 1 amide bonds. The minimum absolute atomic E-state index is 0.133. The molecule has 0 spiro atoms. The highest BCUT2D eigenvalue weighted by Crippen LogP contribution is 2.26. The van der Waals surface area contributed by atoms with Gasteiger partial charge in [-0.1, -0.05) is 12.1 Å². The number of aromatic nitrogens is 3. The predicted octanol–water partition coefficient (Wildman–Crippen LogP) is 3.06. The summed E-state index contributed by atoms with van der Waals surface area (Å²) >= 11 is 1.29. The van der Waals surface area contributed by atoms with Gasteiger partial charge < -0.3 is 9.73 Å². The van der Waals surface area contributed by atoms with E-state index < -0.39 is 0 Å². The van der Waals surface area contributed by atoms with Crippen molar-refractivity contribution >= 4 is 33.3 Å². The molecule has 1 N–H and O–H groups in total. The van der Waals surface area contributed by atoms with E-state index in [1.807, 2.05) is 25.1 Å². The Morgan fingerprint density at radius 2 is 2.12 bits per heavy atom. The molecular formula is C18H14N4O3S. The fourth-order valence-electron chi connectivity index (χ4n) is 2.55. The molecule has 0 atom stereocenters. The van der Waals surface area contributed by atoms with E-state index in [9.17, 15) is 9.59 Å². The summed E-state index contributed by atoms with van der Waals surface area (Å²) in [6.07, 6.45) is 1.38. The van der Waals surface area contributed by atoms with Crippen molar-refractivity contribution in [2.75, 3.05) is 5.32 Å². The van der Waals surface area contributed by atoms with E-state index in [0.29, 0.717) is 27.5 Å². The molecule has 0 radical (unpaired) electrons. The maximum Gasteiger partial charge on any atom is 0.261 e. The van der Waals surface area contributed by atoms with E-state index >= 15 is 0 Å². The highest BCUT2D eigenvalue weighted by Gasteiger charge is 2.12. The summed E-state index contributed by atoms with van der Waals surface area (Å²) in [6.45, 7) is 1.72. The van der Waals surface area contributed by atoms with Gasteiger partial charge >= 0.3 is 0 Å². The molecule has 0 fully saturated rings. The summed E-state index contributed by atoms with van der Waals surface area (Å²) in [5.41, 5.74) is 1.01. The number of para-hydroxylation sites is 1. The molecule has 3 heterocycles. The topological polar surface area (TPSA) is 90.0 Å². The van der Waals surface area contributed by atoms with E-state index in [2.05, 4.69) is 15.3 Å². The third kappa shape index (κ3) is 3.14. The lowest BCUT2D eigenvalue weighted by molar-refractivity contribution is -0.116. The maximum absolute atomic E-state index is 12.4. The molecule has 3 aromatic heterocycles. The number of fused-ring (bicyclic) bond motifs is 1. The average Bonchev–Trinajstić information content (AvgIpc) is 3.26. The quantitative estimate of drug-likeness (QED) is 0.599. The van der Waals surface area contributed by atoms with Gasteiger partial charge in [0.2, 0.25) is 5.91 Å². The molecule has 7 nitrogen and oxygen atoms in total. The Kier molecular flexibility index (Phi) is 4.10. The van der Waals surface area contributed by atoms with Crippen molar-refractivity contribution in [3.05, 3.63) is 64.2 Å². The highest BCUT2D eigenvalue weighted by molar-refractivity contribution is 7.14. The average molecular weight is 366 g/mol. The minimum atomic E-state index is -0.347. The molecule has 0 aliphatic carbocycles. The summed E-state index contributed by atoms with van der Waals surface area (Å²) in [5.74, 6) is 1.09. The first-order chi connectivity index (χ1) is 12.6. The number of benzene rings is 1. The number of nitrogens with one attached hydrogen (secondary N) is 1. The SMILES string of the molecule is Cc1ccc(-c2csc(NC(=O)Cn3cnc4ccccc4c3=O)n2)o1. The molecular weight excluding hydrogens is 352 g/mol. The van der Waals surface area contributed by atoms with Gasteiger partial charge in [-0.15, -0.1) is 11.3 Å². The van der Waals surface area contributed by atoms with Crippen molar-refractivity contribution in [3.63, 3.8) is 0 Å². The monoisotopic (exact) mass is 366 g/mol. The van der Waals surface area contributed by atoms with Crippen molar-refractivity contribution in [3.8, 4) is 11.5 Å². The lowest BCUT2D eigenvalue weighted by atomic mass is 10.2. The summed E-state index contributed by atoms with van der Waals surface area (Å²) < 4.78 is 6.80. The van der Waals surface area contributed by atoms with E-state index in [1.165, 1.54) is 22.2 Å². The number of thiazole rings is 1. The number of furan rings is 1. The van der Waals surface area contributed by atoms with Gasteiger partial charge in [-0.05, 0) is 31.2 Å². The van der Waals surface area contributed by atoms with Crippen LogP contribution >= 0.6 is 11.3 Å². The van der Waals surface area contributed by atoms with Crippen molar-refractivity contribution in [2.24, 2.45) is 0 Å². The van der Waals surface area contributed by atoms with Gasteiger partial charge in [-0.2, -0.15) is 0 Å². The zero-order chi connectivity index (χ0) is 18.1. The van der Waals surface area contributed by atoms with E-state index in [1.54, 1.807) is 23.6 Å². The number of carbonyl (C=O) groups excluding carboxylic acids is 1. The summed E-state index contributed by atoms with van der Waals surface area (Å²) in [6, 6.07) is 10.7. The Bertz CT molecular complexity index is 1160. The molecule has 0 saturated carbocycles. The number of aryl methyl sites for hydroxylation is 1. The number of carbonyl (C=O) groups is 1. The summed E-state index contributed by atoms with van der Waals surface area (Å²) in [5, 5.41) is 5.43. The Labute approximate surface area is 151 Å². The first-order valence-corrected chi connectivity index (χ1v) is 8.74. The minimum Gasteiger partial charge on any atom is -0.460 e. The molecule has 130 valence electrons. The number of hydrogen-bond donors (Lipinski definition) is 1. The summed E-state index contributed by atoms with van der Waals surface area (Å²) in [4.78, 5) is 33.2. The van der Waals surface area contributed by atoms with Crippen LogP contribution in [0.25, 0.3) is 22.4 Å². The lowest BCUT2D eigenvalue weighted by Gasteiger charge is -2.06. The molecule has 4 aromatic rings. The van der Waals surface area contributed by atoms with Crippen LogP contribution in [0.2, 0.25) is 0 Å². The predicted molar refractivity (Wildman–Crippen MR) is 99.2 cm³/mol. The third-order valence-electron chi connectivity index (χ3n) is 3.79. The van der Waals surface area contributed by atoms with E-state index in [4.69, 9.17) is 4.42 Å². The zero-order valence-electron chi connectivity index (χ0n) is 13.8. The summed E-state index contributed by atoms with van der Waals surface area (Å²) in [7, 11) is 0. The van der Waals surface area contributed by atoms with Crippen LogP contribution in [0.3, 0.4) is 0 Å². The molecule has 0 bridgehead atoms. The Morgan fingerprint density at radius 3 is 2.92 bits per heavy atom. The van der Waals surface area contributed by atoms with Crippen LogP contribution in [-0.2, 0) is 11.3 Å². The zero-order valence-corrected chi connectivity index (χ0v) is 14.6. The number of rotatable bonds is 4. The number of amides is 1. The molecule has 26 heavy (non-hydrogen) atoms. The smallest absolute Gasteiger partial charge is 0.261 e. The van der Waals surface area contributed by atoms with Crippen molar-refractivity contribution in [1.82, 2.24) is 14.5 Å². The van der Waals surface area contributed by atoms with Gasteiger partial charge in [-0.25, -0.2) is 9.97 Å². The van der Waals surface area contributed by atoms with Gasteiger partial charge in [0.05, 0.1) is 17.2 Å². The second kappa shape index (κ2) is 6.57. The van der Waals surface area contributed by atoms with Crippen LogP contribution in [0.4, 0.5) is 5.13 Å². The maximum atomic E-state index is 12.4. The fourth-order valence-corrected chi connectivity index (χ4v) is 3.26. The largest absolute Gasteiger partial charge is 0.460 e. The van der Waals surface area contributed by atoms with Crippen LogP contribution in [0.5, 0.6) is 0 Å². The number of hydrogen-bond acceptors (Lipinski definition) is 6. The van der Waals surface area contributed by atoms with Gasteiger partial charge in [0.15, 0.2) is 10.9 Å². The van der Waals surface area contributed by atoms with Crippen molar-refractivity contribution in [1.29, 1.82) is 0 Å². The first kappa shape index (κ1) is 16.2. The molecule has 0 saturated heterocycles. The van der Waals surface area contributed by atoms with E-state index in [-0.39, 0.29) is 18.0 Å². The van der Waals surface area contributed by atoms with E-state index in [0.717, 1.165) is 5.76 Å². The second-order valence-corrected chi connectivity index (χ2v) is 6.55. The third-order valence-corrected chi connectivity index (χ3v) is 4.55. The van der Waals surface area contributed by atoms with Crippen LogP contribution in [0, 0.1) is 6.92 Å². The molecule has 0 aliphatic heterocycles. The fraction of sp³-hybridized carbons (Fsp3) is 0.111.